The van der Waals surface area contributed by atoms with Crippen LogP contribution in [0.1, 0.15) is 5.56 Å². The van der Waals surface area contributed by atoms with Crippen LogP contribution in [0.25, 0.3) is 0 Å². The van der Waals surface area contributed by atoms with Crippen molar-refractivity contribution in [2.24, 2.45) is 0 Å². The maximum Gasteiger partial charge on any atom is 0.416 e. The summed E-state index contributed by atoms with van der Waals surface area (Å²) in [6.45, 7) is 0. The molecule has 16 heavy (non-hydrogen) atoms. The van der Waals surface area contributed by atoms with Gasteiger partial charge < -0.3 is 15.2 Å². The van der Waals surface area contributed by atoms with Crippen molar-refractivity contribution < 1.29 is 17.9 Å². The molecule has 0 heterocycles. The number of hydrogen-bond acceptors (Lipinski definition) is 4. The van der Waals surface area contributed by atoms with Gasteiger partial charge in [-0.1, -0.05) is 11.9 Å². The number of nitrogen functional groups attached to an aromatic ring is 1. The van der Waals surface area contributed by atoms with E-state index in [0.717, 1.165) is 24.1 Å². The predicted octanol–water partition coefficient (Wildman–Crippen LogP) is 2.99. The fourth-order valence-electron chi connectivity index (χ4n) is 1.23. The summed E-state index contributed by atoms with van der Waals surface area (Å²) < 4.78 is 45.1. The van der Waals surface area contributed by atoms with E-state index in [1.165, 1.54) is 7.11 Å². The van der Waals surface area contributed by atoms with Gasteiger partial charge in [-0.05, 0) is 12.1 Å². The number of anilines is 2. The van der Waals surface area contributed by atoms with E-state index in [2.05, 4.69) is 4.72 Å². The Kier molecular flexibility index (Phi) is 3.79. The summed E-state index contributed by atoms with van der Waals surface area (Å²) in [6.07, 6.45) is -2.73. The lowest BCUT2D eigenvalue weighted by Crippen LogP contribution is -2.08. The van der Waals surface area contributed by atoms with Gasteiger partial charge in [0.2, 0.25) is 0 Å². The highest BCUT2D eigenvalue weighted by Crippen LogP contribution is 2.39. The number of nitrogens with two attached hydrogens (primary N) is 1. The van der Waals surface area contributed by atoms with Crippen molar-refractivity contribution in [2.45, 2.75) is 6.18 Å². The van der Waals surface area contributed by atoms with Crippen LogP contribution in [-0.4, -0.2) is 13.4 Å². The molecule has 0 bridgehead atoms. The Morgan fingerprint density at radius 1 is 1.38 bits per heavy atom. The van der Waals surface area contributed by atoms with Crippen molar-refractivity contribution in [2.75, 3.05) is 23.8 Å². The van der Waals surface area contributed by atoms with Crippen LogP contribution in [0.15, 0.2) is 12.1 Å². The first-order valence-corrected chi connectivity index (χ1v) is 5.46. The summed E-state index contributed by atoms with van der Waals surface area (Å²) >= 11 is 1.16. The highest BCUT2D eigenvalue weighted by molar-refractivity contribution is 7.99. The fourth-order valence-corrected chi connectivity index (χ4v) is 1.60. The SMILES string of the molecule is COc1c(N)cc(C(F)(F)F)cc1NSC. The lowest BCUT2D eigenvalue weighted by molar-refractivity contribution is -0.137. The Morgan fingerprint density at radius 3 is 2.44 bits per heavy atom. The molecule has 90 valence electrons. The van der Waals surface area contributed by atoms with E-state index in [4.69, 9.17) is 10.5 Å². The minimum atomic E-state index is -4.42. The minimum Gasteiger partial charge on any atom is -0.492 e. The molecule has 0 atom stereocenters. The second kappa shape index (κ2) is 4.73. The normalized spacial score (nSPS) is 11.3. The van der Waals surface area contributed by atoms with Crippen molar-refractivity contribution in [3.63, 3.8) is 0 Å². The lowest BCUT2D eigenvalue weighted by atomic mass is 10.1. The molecule has 0 radical (unpaired) electrons. The van der Waals surface area contributed by atoms with Gasteiger partial charge in [-0.2, -0.15) is 13.2 Å². The van der Waals surface area contributed by atoms with Crippen molar-refractivity contribution >= 4 is 23.3 Å². The Labute approximate surface area is 95.3 Å². The van der Waals surface area contributed by atoms with Crippen LogP contribution < -0.4 is 15.2 Å². The smallest absolute Gasteiger partial charge is 0.416 e. The molecule has 0 fully saturated rings. The molecule has 3 N–H and O–H groups in total. The predicted molar refractivity (Wildman–Crippen MR) is 59.5 cm³/mol. The van der Waals surface area contributed by atoms with Crippen molar-refractivity contribution in [1.29, 1.82) is 0 Å². The molecule has 1 aromatic carbocycles. The topological polar surface area (TPSA) is 47.3 Å². The molecule has 7 heteroatoms. The molecule has 0 aliphatic rings. The first-order chi connectivity index (χ1) is 7.40. The third-order valence-corrected chi connectivity index (χ3v) is 2.29. The molecule has 1 rings (SSSR count). The maximum absolute atomic E-state index is 12.5. The summed E-state index contributed by atoms with van der Waals surface area (Å²) in [5.74, 6) is 0.211. The van der Waals surface area contributed by atoms with E-state index in [-0.39, 0.29) is 17.1 Å². The Bertz CT molecular complexity index is 382. The standard InChI is InChI=1S/C9H11F3N2OS/c1-15-8-6(13)3-5(9(10,11)12)4-7(8)14-16-2/h3-4,14H,13H2,1-2H3. The van der Waals surface area contributed by atoms with Gasteiger partial charge in [0, 0.05) is 6.26 Å². The summed E-state index contributed by atoms with van der Waals surface area (Å²) in [4.78, 5) is 0. The Balaban J connectivity index is 3.28. The number of alkyl halides is 3. The van der Waals surface area contributed by atoms with Crippen LogP contribution in [0.5, 0.6) is 5.75 Å². The molecular formula is C9H11F3N2OS. The molecule has 0 amide bonds. The number of benzene rings is 1. The van der Waals surface area contributed by atoms with Crippen molar-refractivity contribution in [1.82, 2.24) is 0 Å². The van der Waals surface area contributed by atoms with Gasteiger partial charge in [0.25, 0.3) is 0 Å². The highest BCUT2D eigenvalue weighted by Gasteiger charge is 2.32. The maximum atomic E-state index is 12.5. The van der Waals surface area contributed by atoms with Gasteiger partial charge in [-0.3, -0.25) is 0 Å². The van der Waals surface area contributed by atoms with Crippen LogP contribution >= 0.6 is 11.9 Å². The average molecular weight is 252 g/mol. The van der Waals surface area contributed by atoms with E-state index in [9.17, 15) is 13.2 Å². The molecule has 3 nitrogen and oxygen atoms in total. The Hall–Kier alpha value is -1.24. The summed E-state index contributed by atoms with van der Waals surface area (Å²) in [5, 5.41) is 0. The van der Waals surface area contributed by atoms with Gasteiger partial charge in [0.1, 0.15) is 0 Å². The number of hydrogen-bond donors (Lipinski definition) is 2. The lowest BCUT2D eigenvalue weighted by Gasteiger charge is -2.15. The van der Waals surface area contributed by atoms with Crippen LogP contribution in [0, 0.1) is 0 Å². The van der Waals surface area contributed by atoms with Crippen LogP contribution in [0.3, 0.4) is 0 Å². The summed E-state index contributed by atoms with van der Waals surface area (Å²) in [5.41, 5.74) is 4.85. The molecule has 0 unspecified atom stereocenters. The van der Waals surface area contributed by atoms with E-state index >= 15 is 0 Å². The second-order valence-corrected chi connectivity index (χ2v) is 3.56. The van der Waals surface area contributed by atoms with E-state index in [1.807, 2.05) is 0 Å². The van der Waals surface area contributed by atoms with Gasteiger partial charge in [-0.15, -0.1) is 0 Å². The first-order valence-electron chi connectivity index (χ1n) is 4.24. The number of halogens is 3. The third kappa shape index (κ3) is 2.66. The van der Waals surface area contributed by atoms with E-state index in [0.29, 0.717) is 0 Å². The Morgan fingerprint density at radius 2 is 2.00 bits per heavy atom. The van der Waals surface area contributed by atoms with E-state index < -0.39 is 11.7 Å². The van der Waals surface area contributed by atoms with Crippen LogP contribution in [-0.2, 0) is 6.18 Å². The molecule has 0 aliphatic carbocycles. The highest BCUT2D eigenvalue weighted by atomic mass is 32.2. The van der Waals surface area contributed by atoms with Crippen LogP contribution in [0.4, 0.5) is 24.5 Å². The summed E-state index contributed by atoms with van der Waals surface area (Å²) in [7, 11) is 1.35. The number of nitrogens with one attached hydrogen (secondary N) is 1. The third-order valence-electron chi connectivity index (χ3n) is 1.86. The van der Waals surface area contributed by atoms with Gasteiger partial charge in [0.05, 0.1) is 24.0 Å². The van der Waals surface area contributed by atoms with Crippen LogP contribution in [0.2, 0.25) is 0 Å². The zero-order valence-electron chi connectivity index (χ0n) is 8.68. The first kappa shape index (κ1) is 12.8. The molecule has 0 saturated carbocycles. The zero-order valence-corrected chi connectivity index (χ0v) is 9.50. The molecule has 0 aliphatic heterocycles. The molecule has 0 spiro atoms. The largest absolute Gasteiger partial charge is 0.492 e. The molecular weight excluding hydrogens is 241 g/mol. The summed E-state index contributed by atoms with van der Waals surface area (Å²) in [6, 6.07) is 1.82. The molecule has 1 aromatic rings. The zero-order chi connectivity index (χ0) is 12.3. The van der Waals surface area contributed by atoms with Crippen molar-refractivity contribution in [3.8, 4) is 5.75 Å². The van der Waals surface area contributed by atoms with Gasteiger partial charge in [-0.25, -0.2) is 0 Å². The molecule has 0 aromatic heterocycles. The minimum absolute atomic E-state index is 0.0473. The second-order valence-electron chi connectivity index (χ2n) is 2.95. The number of rotatable bonds is 3. The average Bonchev–Trinajstić information content (AvgIpc) is 2.16. The van der Waals surface area contributed by atoms with Crippen molar-refractivity contribution in [3.05, 3.63) is 17.7 Å². The number of methoxy groups -OCH3 is 1. The number of ether oxygens (including phenoxy) is 1. The van der Waals surface area contributed by atoms with Gasteiger partial charge in [0.15, 0.2) is 5.75 Å². The van der Waals surface area contributed by atoms with Gasteiger partial charge >= 0.3 is 6.18 Å². The van der Waals surface area contributed by atoms with E-state index in [1.54, 1.807) is 6.26 Å². The fraction of sp³-hybridized carbons (Fsp3) is 0.333. The monoisotopic (exact) mass is 252 g/mol. The quantitative estimate of drug-likeness (QED) is 0.641. The molecule has 0 saturated heterocycles.